The van der Waals surface area contributed by atoms with Gasteiger partial charge in [-0.25, -0.2) is 0 Å². The van der Waals surface area contributed by atoms with E-state index in [4.69, 9.17) is 4.74 Å². The normalized spacial score (nSPS) is 37.2. The van der Waals surface area contributed by atoms with E-state index in [1.165, 1.54) is 31.3 Å². The zero-order valence-electron chi connectivity index (χ0n) is 20.8. The number of hydrogen-bond acceptors (Lipinski definition) is 4. The molecular weight excluding hydrogens is 400 g/mol. The highest BCUT2D eigenvalue weighted by Crippen LogP contribution is 2.58. The maximum Gasteiger partial charge on any atom is 0.0811 e. The van der Waals surface area contributed by atoms with Gasteiger partial charge in [-0.2, -0.15) is 0 Å². The van der Waals surface area contributed by atoms with Crippen LogP contribution in [-0.2, 0) is 4.74 Å². The molecule has 0 heterocycles. The summed E-state index contributed by atoms with van der Waals surface area (Å²) in [6.07, 6.45) is 13.4. The molecule has 4 heteroatoms. The molecule has 3 N–H and O–H groups in total. The lowest BCUT2D eigenvalue weighted by Crippen LogP contribution is -2.38. The lowest BCUT2D eigenvalue weighted by molar-refractivity contribution is -0.0274. The Morgan fingerprint density at radius 3 is 2.69 bits per heavy atom. The first-order valence-electron chi connectivity index (χ1n) is 12.8. The van der Waals surface area contributed by atoms with Crippen LogP contribution in [0.15, 0.2) is 35.5 Å². The fourth-order valence-corrected chi connectivity index (χ4v) is 6.56. The Morgan fingerprint density at radius 2 is 1.97 bits per heavy atom. The quantitative estimate of drug-likeness (QED) is 0.432. The van der Waals surface area contributed by atoms with Crippen molar-refractivity contribution in [2.45, 2.75) is 116 Å². The van der Waals surface area contributed by atoms with Crippen LogP contribution in [0.25, 0.3) is 0 Å². The van der Waals surface area contributed by atoms with Crippen LogP contribution in [0.3, 0.4) is 0 Å². The van der Waals surface area contributed by atoms with Gasteiger partial charge in [-0.05, 0) is 107 Å². The first-order valence-corrected chi connectivity index (χ1v) is 12.8. The Balaban J connectivity index is 1.61. The average Bonchev–Trinajstić information content (AvgIpc) is 3.06. The van der Waals surface area contributed by atoms with E-state index in [2.05, 4.69) is 32.6 Å². The number of unbranched alkanes of at least 4 members (excludes halogenated alkanes) is 1. The first-order chi connectivity index (χ1) is 15.0. The summed E-state index contributed by atoms with van der Waals surface area (Å²) in [6, 6.07) is 0. The summed E-state index contributed by atoms with van der Waals surface area (Å²) in [5.41, 5.74) is 2.97. The van der Waals surface area contributed by atoms with Crippen molar-refractivity contribution in [2.75, 3.05) is 6.61 Å². The molecular formula is C28H46O4. The molecule has 3 fully saturated rings. The van der Waals surface area contributed by atoms with Crippen LogP contribution in [-0.4, -0.2) is 45.8 Å². The predicted octanol–water partition coefficient (Wildman–Crippen LogP) is 5.47. The molecule has 0 spiro atoms. The van der Waals surface area contributed by atoms with Crippen LogP contribution in [0.2, 0.25) is 0 Å². The van der Waals surface area contributed by atoms with Crippen molar-refractivity contribution >= 4 is 0 Å². The minimum absolute atomic E-state index is 0.258. The molecule has 3 rings (SSSR count). The van der Waals surface area contributed by atoms with Crippen molar-refractivity contribution in [3.8, 4) is 0 Å². The fourth-order valence-electron chi connectivity index (χ4n) is 6.56. The Bertz CT molecular complexity index is 715. The number of aliphatic hydroxyl groups is 3. The lowest BCUT2D eigenvalue weighted by atomic mass is 9.62. The summed E-state index contributed by atoms with van der Waals surface area (Å²) in [5, 5.41) is 30.1. The average molecular weight is 447 g/mol. The second-order valence-corrected chi connectivity index (χ2v) is 11.5. The number of ether oxygens (including phenoxy) is 1. The molecule has 3 saturated carbocycles. The number of aliphatic hydroxyl groups excluding tert-OH is 2. The van der Waals surface area contributed by atoms with Crippen molar-refractivity contribution in [2.24, 2.45) is 17.3 Å². The highest BCUT2D eigenvalue weighted by Gasteiger charge is 2.51. The van der Waals surface area contributed by atoms with E-state index in [9.17, 15) is 15.3 Å². The molecule has 4 nitrogen and oxygen atoms in total. The molecule has 3 aliphatic rings. The van der Waals surface area contributed by atoms with Crippen molar-refractivity contribution < 1.29 is 20.1 Å². The minimum Gasteiger partial charge on any atom is -0.393 e. The maximum atomic E-state index is 10.1. The van der Waals surface area contributed by atoms with Gasteiger partial charge in [0.1, 0.15) is 0 Å². The fraction of sp³-hybridized carbons (Fsp3) is 0.786. The summed E-state index contributed by atoms with van der Waals surface area (Å²) < 4.78 is 6.30. The van der Waals surface area contributed by atoms with Gasteiger partial charge in [0.05, 0.1) is 23.9 Å². The molecule has 0 bridgehead atoms. The lowest BCUT2D eigenvalue weighted by Gasteiger charge is -2.44. The van der Waals surface area contributed by atoms with Gasteiger partial charge < -0.3 is 20.1 Å². The number of allylic oxidation sites excluding steroid dienone is 3. The van der Waals surface area contributed by atoms with Gasteiger partial charge in [0.2, 0.25) is 0 Å². The van der Waals surface area contributed by atoms with E-state index in [0.717, 1.165) is 43.4 Å². The molecule has 0 unspecified atom stereocenters. The van der Waals surface area contributed by atoms with Crippen LogP contribution in [0.1, 0.15) is 91.9 Å². The van der Waals surface area contributed by atoms with Gasteiger partial charge in [-0.15, -0.1) is 0 Å². The van der Waals surface area contributed by atoms with E-state index in [0.29, 0.717) is 24.7 Å². The van der Waals surface area contributed by atoms with Gasteiger partial charge in [-0.3, -0.25) is 0 Å². The Labute approximate surface area is 195 Å². The van der Waals surface area contributed by atoms with Crippen molar-refractivity contribution in [1.82, 2.24) is 0 Å². The molecule has 0 aliphatic heterocycles. The largest absolute Gasteiger partial charge is 0.393 e. The van der Waals surface area contributed by atoms with Crippen molar-refractivity contribution in [3.63, 3.8) is 0 Å². The first kappa shape index (κ1) is 25.7. The zero-order chi connectivity index (χ0) is 23.5. The summed E-state index contributed by atoms with van der Waals surface area (Å²) in [4.78, 5) is 0. The third kappa shape index (κ3) is 6.14. The number of rotatable bonds is 8. The summed E-state index contributed by atoms with van der Waals surface area (Å²) >= 11 is 0. The van der Waals surface area contributed by atoms with E-state index < -0.39 is 17.8 Å². The summed E-state index contributed by atoms with van der Waals surface area (Å²) in [7, 11) is 0. The second-order valence-electron chi connectivity index (χ2n) is 11.5. The number of fused-ring (bicyclic) bond motifs is 1. The molecule has 0 saturated heterocycles. The predicted molar refractivity (Wildman–Crippen MR) is 130 cm³/mol. The smallest absolute Gasteiger partial charge is 0.0811 e. The minimum atomic E-state index is -0.627. The summed E-state index contributed by atoms with van der Waals surface area (Å²) in [6.45, 7) is 13.3. The third-order valence-corrected chi connectivity index (χ3v) is 8.43. The van der Waals surface area contributed by atoms with Crippen molar-refractivity contribution in [3.05, 3.63) is 35.5 Å². The van der Waals surface area contributed by atoms with Crippen LogP contribution < -0.4 is 0 Å². The van der Waals surface area contributed by atoms with E-state index in [1.54, 1.807) is 0 Å². The van der Waals surface area contributed by atoms with E-state index in [1.807, 2.05) is 13.8 Å². The standard InChI is InChI=1S/C28H46O4/c1-19-22(17-23(29)18-26(19)30)11-10-21-9-8-15-28(5)24(12-13-25(21)28)20(2)32-16-7-6-14-27(3,4)31/h10-11,20,23-26,29-31H,1,6-9,12-18H2,2-5H3/b21-10+,22-11-/t20-,23+,24+,25-,26-,28+/m0/s1. The monoisotopic (exact) mass is 446 g/mol. The molecule has 32 heavy (non-hydrogen) atoms. The van der Waals surface area contributed by atoms with E-state index >= 15 is 0 Å². The van der Waals surface area contributed by atoms with Gasteiger partial charge in [0, 0.05) is 13.0 Å². The molecule has 6 atom stereocenters. The highest BCUT2D eigenvalue weighted by molar-refractivity contribution is 5.38. The maximum absolute atomic E-state index is 10.1. The third-order valence-electron chi connectivity index (χ3n) is 8.43. The van der Waals surface area contributed by atoms with Crippen molar-refractivity contribution in [1.29, 1.82) is 0 Å². The molecule has 0 aromatic heterocycles. The molecule has 0 radical (unpaired) electrons. The van der Waals surface area contributed by atoms with Crippen LogP contribution in [0.4, 0.5) is 0 Å². The Kier molecular flexibility index (Phi) is 8.46. The molecule has 0 amide bonds. The summed E-state index contributed by atoms with van der Waals surface area (Å²) in [5.74, 6) is 1.16. The Hall–Kier alpha value is -0.940. The van der Waals surface area contributed by atoms with Crippen LogP contribution in [0, 0.1) is 17.3 Å². The van der Waals surface area contributed by atoms with Crippen LogP contribution in [0.5, 0.6) is 0 Å². The van der Waals surface area contributed by atoms with Gasteiger partial charge in [-0.1, -0.05) is 31.2 Å². The molecule has 0 aromatic rings. The second kappa shape index (κ2) is 10.5. The van der Waals surface area contributed by atoms with Gasteiger partial charge in [0.25, 0.3) is 0 Å². The number of hydrogen-bond donors (Lipinski definition) is 3. The highest BCUT2D eigenvalue weighted by atomic mass is 16.5. The SMILES string of the molecule is C=C1/C(=C\C=C2/CCC[C@]3(C)[C@@H]([C@H](C)OCCCCC(C)(C)O)CC[C@@H]23)C[C@@H](O)C[C@@H]1O. The zero-order valence-corrected chi connectivity index (χ0v) is 20.8. The topological polar surface area (TPSA) is 69.9 Å². The molecule has 182 valence electrons. The van der Waals surface area contributed by atoms with E-state index in [-0.39, 0.29) is 11.5 Å². The molecule has 3 aliphatic carbocycles. The Morgan fingerprint density at radius 1 is 1.22 bits per heavy atom. The molecule has 0 aromatic carbocycles. The van der Waals surface area contributed by atoms with Gasteiger partial charge >= 0.3 is 0 Å². The van der Waals surface area contributed by atoms with Crippen LogP contribution >= 0.6 is 0 Å². The van der Waals surface area contributed by atoms with Gasteiger partial charge in [0.15, 0.2) is 0 Å².